The van der Waals surface area contributed by atoms with E-state index in [0.29, 0.717) is 44.8 Å². The summed E-state index contributed by atoms with van der Waals surface area (Å²) in [6.45, 7) is 1.68. The molecule has 0 radical (unpaired) electrons. The maximum atomic E-state index is 13.4. The highest BCUT2D eigenvalue weighted by atomic mass is 35.5. The van der Waals surface area contributed by atoms with E-state index in [-0.39, 0.29) is 5.82 Å². The number of hydrogen-bond donors (Lipinski definition) is 3. The van der Waals surface area contributed by atoms with Crippen LogP contribution < -0.4 is 16.0 Å². The zero-order valence-corrected chi connectivity index (χ0v) is 16.5. The zero-order chi connectivity index (χ0) is 21.1. The average Bonchev–Trinajstić information content (AvgIpc) is 2.72. The summed E-state index contributed by atoms with van der Waals surface area (Å²) < 4.78 is 13.4. The Kier molecular flexibility index (Phi) is 5.40. The summed E-state index contributed by atoms with van der Waals surface area (Å²) in [5, 5.41) is 9.67. The number of carbonyl (C=O) groups is 1. The molecule has 4 aromatic rings. The van der Waals surface area contributed by atoms with Gasteiger partial charge >= 0.3 is 6.03 Å². The number of pyridine rings is 1. The maximum Gasteiger partial charge on any atom is 0.324 e. The Hall–Kier alpha value is -3.78. The van der Waals surface area contributed by atoms with E-state index in [1.54, 1.807) is 61.7 Å². The van der Waals surface area contributed by atoms with Gasteiger partial charge in [0.05, 0.1) is 0 Å². The van der Waals surface area contributed by atoms with Crippen molar-refractivity contribution in [1.29, 1.82) is 0 Å². The number of hydrogen-bond acceptors (Lipinski definition) is 5. The number of nitrogens with one attached hydrogen (secondary N) is 3. The van der Waals surface area contributed by atoms with E-state index in [1.165, 1.54) is 6.07 Å². The molecule has 2 heterocycles. The van der Waals surface area contributed by atoms with Crippen LogP contribution in [0.4, 0.5) is 32.3 Å². The van der Waals surface area contributed by atoms with Crippen LogP contribution >= 0.6 is 11.6 Å². The van der Waals surface area contributed by atoms with Crippen LogP contribution in [-0.2, 0) is 0 Å². The van der Waals surface area contributed by atoms with Gasteiger partial charge in [0.15, 0.2) is 5.65 Å². The fourth-order valence-electron chi connectivity index (χ4n) is 2.70. The van der Waals surface area contributed by atoms with Crippen molar-refractivity contribution in [2.24, 2.45) is 0 Å². The van der Waals surface area contributed by atoms with Crippen LogP contribution in [0.1, 0.15) is 5.56 Å². The van der Waals surface area contributed by atoms with Crippen molar-refractivity contribution in [1.82, 2.24) is 15.0 Å². The highest BCUT2D eigenvalue weighted by molar-refractivity contribution is 6.30. The molecule has 2 amide bonds. The first kappa shape index (κ1) is 19.5. The number of rotatable bonds is 4. The molecule has 0 saturated carbocycles. The van der Waals surface area contributed by atoms with E-state index in [0.717, 1.165) is 0 Å². The van der Waals surface area contributed by atoms with Gasteiger partial charge in [-0.1, -0.05) is 11.6 Å². The third kappa shape index (κ3) is 4.61. The molecule has 2 aromatic heterocycles. The fourth-order valence-corrected chi connectivity index (χ4v) is 2.83. The molecule has 2 aromatic carbocycles. The third-order valence-electron chi connectivity index (χ3n) is 4.20. The Morgan fingerprint density at radius 2 is 1.73 bits per heavy atom. The van der Waals surface area contributed by atoms with Gasteiger partial charge in [-0.15, -0.1) is 0 Å². The van der Waals surface area contributed by atoms with Crippen LogP contribution in [0.5, 0.6) is 0 Å². The summed E-state index contributed by atoms with van der Waals surface area (Å²) >= 11 is 5.84. The third-order valence-corrected chi connectivity index (χ3v) is 4.45. The van der Waals surface area contributed by atoms with E-state index in [1.807, 2.05) is 0 Å². The lowest BCUT2D eigenvalue weighted by atomic mass is 10.2. The minimum absolute atomic E-state index is 0.283. The number of anilines is 4. The standard InChI is InChI=1S/C21H16ClFN6O/c1-12-10-16(7-8-17(12)23)25-20-24-11-13-2-9-18(27-19(13)29-20)28-21(30)26-15-5-3-14(22)4-6-15/h2-11H,1H3,(H3,24,25,26,27,28,29,30). The summed E-state index contributed by atoms with van der Waals surface area (Å²) in [7, 11) is 0. The lowest BCUT2D eigenvalue weighted by Crippen LogP contribution is -2.20. The molecule has 0 aliphatic heterocycles. The van der Waals surface area contributed by atoms with E-state index >= 15 is 0 Å². The fraction of sp³-hybridized carbons (Fsp3) is 0.0476. The number of halogens is 2. The second-order valence-electron chi connectivity index (χ2n) is 6.48. The highest BCUT2D eigenvalue weighted by Crippen LogP contribution is 2.20. The molecule has 150 valence electrons. The first-order valence-corrected chi connectivity index (χ1v) is 9.35. The number of nitrogens with zero attached hydrogens (tertiary/aromatic N) is 3. The Morgan fingerprint density at radius 1 is 0.967 bits per heavy atom. The van der Waals surface area contributed by atoms with Crippen LogP contribution in [0.3, 0.4) is 0 Å². The first-order chi connectivity index (χ1) is 14.5. The summed E-state index contributed by atoms with van der Waals surface area (Å²) in [4.78, 5) is 25.2. The Bertz CT molecular complexity index is 1230. The molecule has 0 fully saturated rings. The van der Waals surface area contributed by atoms with E-state index in [9.17, 15) is 9.18 Å². The quantitative estimate of drug-likeness (QED) is 0.403. The van der Waals surface area contributed by atoms with Gasteiger partial charge in [-0.2, -0.15) is 4.98 Å². The van der Waals surface area contributed by atoms with Crippen molar-refractivity contribution in [2.45, 2.75) is 6.92 Å². The molecule has 4 rings (SSSR count). The molecule has 0 aliphatic carbocycles. The predicted molar refractivity (Wildman–Crippen MR) is 116 cm³/mol. The van der Waals surface area contributed by atoms with Gasteiger partial charge in [0, 0.05) is 28.0 Å². The lowest BCUT2D eigenvalue weighted by molar-refractivity contribution is 0.262. The van der Waals surface area contributed by atoms with Crippen molar-refractivity contribution in [3.8, 4) is 0 Å². The normalized spacial score (nSPS) is 10.6. The van der Waals surface area contributed by atoms with Gasteiger partial charge in [0.25, 0.3) is 0 Å². The SMILES string of the molecule is Cc1cc(Nc2ncc3ccc(NC(=O)Nc4ccc(Cl)cc4)nc3n2)ccc1F. The summed E-state index contributed by atoms with van der Waals surface area (Å²) in [5.74, 6) is 0.356. The number of amides is 2. The largest absolute Gasteiger partial charge is 0.324 e. The van der Waals surface area contributed by atoms with E-state index < -0.39 is 6.03 Å². The second-order valence-corrected chi connectivity index (χ2v) is 6.91. The van der Waals surface area contributed by atoms with E-state index in [4.69, 9.17) is 11.6 Å². The average molecular weight is 423 g/mol. The maximum absolute atomic E-state index is 13.4. The van der Waals surface area contributed by atoms with Gasteiger partial charge in [0.1, 0.15) is 11.6 Å². The van der Waals surface area contributed by atoms with Crippen LogP contribution in [0.15, 0.2) is 60.8 Å². The zero-order valence-electron chi connectivity index (χ0n) is 15.8. The number of benzene rings is 2. The molecule has 7 nitrogen and oxygen atoms in total. The number of aromatic nitrogens is 3. The Balaban J connectivity index is 1.50. The smallest absolute Gasteiger partial charge is 0.324 e. The van der Waals surface area contributed by atoms with Crippen molar-refractivity contribution in [3.05, 3.63) is 77.2 Å². The van der Waals surface area contributed by atoms with Gasteiger partial charge in [-0.3, -0.25) is 5.32 Å². The molecule has 0 unspecified atom stereocenters. The lowest BCUT2D eigenvalue weighted by Gasteiger charge is -2.09. The summed E-state index contributed by atoms with van der Waals surface area (Å²) in [6, 6.07) is 14.3. The number of aryl methyl sites for hydroxylation is 1. The Labute approximate surface area is 176 Å². The molecule has 0 spiro atoms. The van der Waals surface area contributed by atoms with Crippen LogP contribution in [0.2, 0.25) is 5.02 Å². The number of fused-ring (bicyclic) bond motifs is 1. The molecule has 0 bridgehead atoms. The van der Waals surface area contributed by atoms with Gasteiger partial charge in [-0.25, -0.2) is 19.2 Å². The van der Waals surface area contributed by atoms with Crippen molar-refractivity contribution >= 4 is 51.8 Å². The second kappa shape index (κ2) is 8.30. The molecule has 0 aliphatic rings. The summed E-state index contributed by atoms with van der Waals surface area (Å²) in [5.41, 5.74) is 2.17. The van der Waals surface area contributed by atoms with Gasteiger partial charge in [-0.05, 0) is 67.1 Å². The number of carbonyl (C=O) groups excluding carboxylic acids is 1. The van der Waals surface area contributed by atoms with Crippen LogP contribution in [0.25, 0.3) is 11.0 Å². The van der Waals surface area contributed by atoms with Crippen molar-refractivity contribution < 1.29 is 9.18 Å². The molecular formula is C21H16ClFN6O. The monoisotopic (exact) mass is 422 g/mol. The molecule has 30 heavy (non-hydrogen) atoms. The summed E-state index contributed by atoms with van der Waals surface area (Å²) in [6.07, 6.45) is 1.62. The molecule has 0 atom stereocenters. The van der Waals surface area contributed by atoms with E-state index in [2.05, 4.69) is 30.9 Å². The minimum atomic E-state index is -0.446. The van der Waals surface area contributed by atoms with Crippen LogP contribution in [0, 0.1) is 12.7 Å². The molecule has 3 N–H and O–H groups in total. The van der Waals surface area contributed by atoms with Crippen LogP contribution in [-0.4, -0.2) is 21.0 Å². The molecular weight excluding hydrogens is 407 g/mol. The number of urea groups is 1. The topological polar surface area (TPSA) is 91.8 Å². The van der Waals surface area contributed by atoms with Gasteiger partial charge in [0.2, 0.25) is 5.95 Å². The van der Waals surface area contributed by atoms with Gasteiger partial charge < -0.3 is 10.6 Å². The highest BCUT2D eigenvalue weighted by Gasteiger charge is 2.08. The minimum Gasteiger partial charge on any atom is -0.324 e. The Morgan fingerprint density at radius 3 is 2.50 bits per heavy atom. The first-order valence-electron chi connectivity index (χ1n) is 8.97. The van der Waals surface area contributed by atoms with Crippen molar-refractivity contribution in [2.75, 3.05) is 16.0 Å². The molecule has 0 saturated heterocycles. The molecule has 9 heteroatoms. The predicted octanol–water partition coefficient (Wildman–Crippen LogP) is 5.51. The van der Waals surface area contributed by atoms with Crippen molar-refractivity contribution in [3.63, 3.8) is 0 Å².